The lowest BCUT2D eigenvalue weighted by molar-refractivity contribution is 0.0498. The quantitative estimate of drug-likeness (QED) is 0.504. The van der Waals surface area contributed by atoms with Gasteiger partial charge in [0.25, 0.3) is 0 Å². The van der Waals surface area contributed by atoms with Crippen LogP contribution in [0.2, 0.25) is 0 Å². The van der Waals surface area contributed by atoms with Gasteiger partial charge in [-0.1, -0.05) is 0 Å². The lowest BCUT2D eigenvalue weighted by Crippen LogP contribution is -2.06. The standard InChI is InChI=1S/C8H15NO3/c1-10-4-2-5-11-7-8-12-6-3-9/h2,4-8H2,1H3. The van der Waals surface area contributed by atoms with Crippen LogP contribution in [-0.4, -0.2) is 40.1 Å². The Kier molecular flexibility index (Phi) is 9.83. The molecule has 4 heteroatoms. The maximum absolute atomic E-state index is 8.11. The summed E-state index contributed by atoms with van der Waals surface area (Å²) in [6.07, 6.45) is 0.898. The molecule has 0 aromatic rings. The van der Waals surface area contributed by atoms with Crippen molar-refractivity contribution in [3.8, 4) is 6.07 Å². The van der Waals surface area contributed by atoms with Crippen LogP contribution in [0, 0.1) is 11.3 Å². The molecule has 0 radical (unpaired) electrons. The van der Waals surface area contributed by atoms with Gasteiger partial charge in [-0.3, -0.25) is 0 Å². The van der Waals surface area contributed by atoms with Crippen molar-refractivity contribution in [1.29, 1.82) is 5.26 Å². The molecule has 0 spiro atoms. The van der Waals surface area contributed by atoms with E-state index in [9.17, 15) is 0 Å². The van der Waals surface area contributed by atoms with Crippen LogP contribution in [0.5, 0.6) is 0 Å². The first kappa shape index (κ1) is 11.4. The fraction of sp³-hybridized carbons (Fsp3) is 0.875. The summed E-state index contributed by atoms with van der Waals surface area (Å²) in [4.78, 5) is 0. The second-order valence-electron chi connectivity index (χ2n) is 2.17. The number of nitrogens with zero attached hydrogens (tertiary/aromatic N) is 1. The van der Waals surface area contributed by atoms with E-state index in [0.717, 1.165) is 13.0 Å². The SMILES string of the molecule is COCCCOCCOCC#N. The molecule has 0 atom stereocenters. The number of hydrogen-bond donors (Lipinski definition) is 0. The second kappa shape index (κ2) is 10.4. The van der Waals surface area contributed by atoms with Gasteiger partial charge in [0.15, 0.2) is 0 Å². The average molecular weight is 173 g/mol. The summed E-state index contributed by atoms with van der Waals surface area (Å²) in [5.74, 6) is 0. The van der Waals surface area contributed by atoms with E-state index in [-0.39, 0.29) is 6.61 Å². The summed E-state index contributed by atoms with van der Waals surface area (Å²) in [5.41, 5.74) is 0. The van der Waals surface area contributed by atoms with Gasteiger partial charge in [-0.05, 0) is 6.42 Å². The molecule has 0 rings (SSSR count). The summed E-state index contributed by atoms with van der Waals surface area (Å²) >= 11 is 0. The van der Waals surface area contributed by atoms with E-state index >= 15 is 0 Å². The van der Waals surface area contributed by atoms with Gasteiger partial charge in [0.1, 0.15) is 6.61 Å². The third-order valence-electron chi connectivity index (χ3n) is 1.18. The molecule has 0 aliphatic heterocycles. The Bertz CT molecular complexity index is 122. The molecule has 4 nitrogen and oxygen atoms in total. The van der Waals surface area contributed by atoms with Crippen LogP contribution in [0.25, 0.3) is 0 Å². The molecule has 0 aliphatic rings. The van der Waals surface area contributed by atoms with Gasteiger partial charge in [-0.15, -0.1) is 0 Å². The Morgan fingerprint density at radius 1 is 1.08 bits per heavy atom. The fourth-order valence-corrected chi connectivity index (χ4v) is 0.643. The van der Waals surface area contributed by atoms with Gasteiger partial charge in [-0.25, -0.2) is 0 Å². The summed E-state index contributed by atoms with van der Waals surface area (Å²) in [6.45, 7) is 2.58. The molecule has 0 fully saturated rings. The first-order valence-electron chi connectivity index (χ1n) is 3.93. The number of methoxy groups -OCH3 is 1. The molecule has 0 saturated heterocycles. The van der Waals surface area contributed by atoms with E-state index in [1.807, 2.05) is 6.07 Å². The second-order valence-corrected chi connectivity index (χ2v) is 2.17. The van der Waals surface area contributed by atoms with Crippen molar-refractivity contribution in [3.05, 3.63) is 0 Å². The molecule has 12 heavy (non-hydrogen) atoms. The van der Waals surface area contributed by atoms with Crippen molar-refractivity contribution in [1.82, 2.24) is 0 Å². The lowest BCUT2D eigenvalue weighted by Gasteiger charge is -2.02. The van der Waals surface area contributed by atoms with Gasteiger partial charge >= 0.3 is 0 Å². The minimum absolute atomic E-state index is 0.140. The third-order valence-corrected chi connectivity index (χ3v) is 1.18. The van der Waals surface area contributed by atoms with Crippen molar-refractivity contribution < 1.29 is 14.2 Å². The van der Waals surface area contributed by atoms with Gasteiger partial charge in [0.05, 0.1) is 19.3 Å². The predicted molar refractivity (Wildman–Crippen MR) is 43.7 cm³/mol. The zero-order valence-corrected chi connectivity index (χ0v) is 7.41. The maximum atomic E-state index is 8.11. The molecule has 0 aromatic heterocycles. The van der Waals surface area contributed by atoms with Crippen LogP contribution in [0.1, 0.15) is 6.42 Å². The highest BCUT2D eigenvalue weighted by Crippen LogP contribution is 1.83. The van der Waals surface area contributed by atoms with Gasteiger partial charge in [0, 0.05) is 20.3 Å². The van der Waals surface area contributed by atoms with Crippen LogP contribution in [0.4, 0.5) is 0 Å². The number of rotatable bonds is 8. The molecule has 0 unspecified atom stereocenters. The molecule has 0 saturated carbocycles. The zero-order chi connectivity index (χ0) is 9.07. The van der Waals surface area contributed by atoms with Crippen molar-refractivity contribution in [2.24, 2.45) is 0 Å². The molecular formula is C8H15NO3. The summed E-state index contributed by atoms with van der Waals surface area (Å²) in [7, 11) is 1.66. The van der Waals surface area contributed by atoms with E-state index in [4.69, 9.17) is 19.5 Å². The summed E-state index contributed by atoms with van der Waals surface area (Å²) < 4.78 is 14.9. The van der Waals surface area contributed by atoms with E-state index in [1.165, 1.54) is 0 Å². The van der Waals surface area contributed by atoms with E-state index in [0.29, 0.717) is 19.8 Å². The summed E-state index contributed by atoms with van der Waals surface area (Å²) in [5, 5.41) is 8.11. The highest BCUT2D eigenvalue weighted by molar-refractivity contribution is 4.65. The molecule has 0 aliphatic carbocycles. The van der Waals surface area contributed by atoms with E-state index < -0.39 is 0 Å². The van der Waals surface area contributed by atoms with Crippen molar-refractivity contribution in [2.75, 3.05) is 40.1 Å². The molecule has 0 bridgehead atoms. The van der Waals surface area contributed by atoms with Gasteiger partial charge in [0.2, 0.25) is 0 Å². The van der Waals surface area contributed by atoms with Crippen LogP contribution < -0.4 is 0 Å². The largest absolute Gasteiger partial charge is 0.385 e. The maximum Gasteiger partial charge on any atom is 0.133 e. The normalized spacial score (nSPS) is 9.67. The van der Waals surface area contributed by atoms with Crippen molar-refractivity contribution in [3.63, 3.8) is 0 Å². The predicted octanol–water partition coefficient (Wildman–Crippen LogP) is 0.580. The minimum Gasteiger partial charge on any atom is -0.385 e. The first-order chi connectivity index (χ1) is 5.91. The van der Waals surface area contributed by atoms with Crippen molar-refractivity contribution in [2.45, 2.75) is 6.42 Å². The number of hydrogen-bond acceptors (Lipinski definition) is 4. The molecule has 0 amide bonds. The highest BCUT2D eigenvalue weighted by Gasteiger charge is 1.88. The smallest absolute Gasteiger partial charge is 0.133 e. The Hall–Kier alpha value is -0.630. The topological polar surface area (TPSA) is 51.5 Å². The average Bonchev–Trinajstić information content (AvgIpc) is 2.10. The van der Waals surface area contributed by atoms with Crippen LogP contribution in [0.15, 0.2) is 0 Å². The fourth-order valence-electron chi connectivity index (χ4n) is 0.643. The Balaban J connectivity index is 2.78. The van der Waals surface area contributed by atoms with Crippen LogP contribution in [-0.2, 0) is 14.2 Å². The number of nitriles is 1. The van der Waals surface area contributed by atoms with Crippen LogP contribution >= 0.6 is 0 Å². The molecular weight excluding hydrogens is 158 g/mol. The Labute approximate surface area is 73.0 Å². The minimum atomic E-state index is 0.140. The highest BCUT2D eigenvalue weighted by atomic mass is 16.5. The molecule has 0 N–H and O–H groups in total. The van der Waals surface area contributed by atoms with E-state index in [1.54, 1.807) is 7.11 Å². The summed E-state index contributed by atoms with van der Waals surface area (Å²) in [6, 6.07) is 1.88. The van der Waals surface area contributed by atoms with Crippen LogP contribution in [0.3, 0.4) is 0 Å². The molecule has 70 valence electrons. The zero-order valence-electron chi connectivity index (χ0n) is 7.41. The molecule has 0 heterocycles. The van der Waals surface area contributed by atoms with Gasteiger partial charge < -0.3 is 14.2 Å². The first-order valence-corrected chi connectivity index (χ1v) is 3.93. The third kappa shape index (κ3) is 9.37. The Morgan fingerprint density at radius 2 is 1.83 bits per heavy atom. The van der Waals surface area contributed by atoms with E-state index in [2.05, 4.69) is 0 Å². The number of ether oxygens (including phenoxy) is 3. The lowest BCUT2D eigenvalue weighted by atomic mass is 10.5. The van der Waals surface area contributed by atoms with Crippen molar-refractivity contribution >= 4 is 0 Å². The Morgan fingerprint density at radius 3 is 2.50 bits per heavy atom. The monoisotopic (exact) mass is 173 g/mol. The van der Waals surface area contributed by atoms with Gasteiger partial charge in [-0.2, -0.15) is 5.26 Å². The molecule has 0 aromatic carbocycles.